The number of carboxylic acid groups (broad SMARTS) is 1. The summed E-state index contributed by atoms with van der Waals surface area (Å²) in [4.78, 5) is 17.6. The minimum absolute atomic E-state index is 0.0744. The highest BCUT2D eigenvalue weighted by atomic mass is 16.5. The van der Waals surface area contributed by atoms with Crippen molar-refractivity contribution in [3.63, 3.8) is 0 Å². The van der Waals surface area contributed by atoms with Crippen LogP contribution in [-0.2, 0) is 11.3 Å². The largest absolute Gasteiger partial charge is 0.465 e. The number of hydrogen-bond acceptors (Lipinski definition) is 4. The molecule has 0 bridgehead atoms. The summed E-state index contributed by atoms with van der Waals surface area (Å²) in [6.45, 7) is 2.42. The Bertz CT molecular complexity index is 808. The van der Waals surface area contributed by atoms with Crippen LogP contribution in [0.25, 0.3) is 11.0 Å². The monoisotopic (exact) mass is 342 g/mol. The van der Waals surface area contributed by atoms with Gasteiger partial charge in [-0.3, -0.25) is 0 Å². The summed E-state index contributed by atoms with van der Waals surface area (Å²) in [5, 5.41) is 18.5. The van der Waals surface area contributed by atoms with Gasteiger partial charge in [0.1, 0.15) is 5.82 Å². The molecule has 0 aliphatic carbocycles. The minimum Gasteiger partial charge on any atom is -0.465 e. The van der Waals surface area contributed by atoms with Crippen LogP contribution in [0.2, 0.25) is 0 Å². The molecule has 1 N–H and O–H groups in total. The Kier molecular flexibility index (Phi) is 5.19. The van der Waals surface area contributed by atoms with Crippen molar-refractivity contribution in [1.29, 1.82) is 5.26 Å². The van der Waals surface area contributed by atoms with E-state index < -0.39 is 6.09 Å². The normalized spacial score (nSPS) is 17.6. The Balaban J connectivity index is 1.99. The number of methoxy groups -OCH3 is 1. The smallest absolute Gasteiger partial charge is 0.407 e. The molecule has 0 saturated carbocycles. The highest BCUT2D eigenvalue weighted by molar-refractivity contribution is 5.78. The quantitative estimate of drug-likeness (QED) is 0.844. The molecular weight excluding hydrogens is 320 g/mol. The zero-order valence-electron chi connectivity index (χ0n) is 14.3. The van der Waals surface area contributed by atoms with Crippen LogP contribution in [0.3, 0.4) is 0 Å². The SMILES string of the molecule is COCCCn1c(C2CCCN(C(=O)O)C2)nc2ccc(C#N)cc21. The molecule has 1 aliphatic heterocycles. The van der Waals surface area contributed by atoms with Gasteiger partial charge in [-0.1, -0.05) is 0 Å². The zero-order valence-corrected chi connectivity index (χ0v) is 14.3. The summed E-state index contributed by atoms with van der Waals surface area (Å²) in [5.74, 6) is 0.984. The Morgan fingerprint density at radius 3 is 3.08 bits per heavy atom. The maximum absolute atomic E-state index is 11.3. The fraction of sp³-hybridized carbons (Fsp3) is 0.500. The molecule has 1 unspecified atom stereocenters. The Hall–Kier alpha value is -2.59. The van der Waals surface area contributed by atoms with E-state index in [-0.39, 0.29) is 5.92 Å². The third kappa shape index (κ3) is 3.59. The predicted octanol–water partition coefficient (Wildman–Crippen LogP) is 2.80. The summed E-state index contributed by atoms with van der Waals surface area (Å²) < 4.78 is 7.29. The molecule has 1 fully saturated rings. The van der Waals surface area contributed by atoms with Crippen molar-refractivity contribution >= 4 is 17.1 Å². The number of carbonyl (C=O) groups is 1. The van der Waals surface area contributed by atoms with Gasteiger partial charge in [0.2, 0.25) is 0 Å². The second-order valence-corrected chi connectivity index (χ2v) is 6.35. The van der Waals surface area contributed by atoms with E-state index >= 15 is 0 Å². The van der Waals surface area contributed by atoms with Crippen molar-refractivity contribution in [3.8, 4) is 6.07 Å². The Morgan fingerprint density at radius 2 is 2.36 bits per heavy atom. The Labute approximate surface area is 146 Å². The van der Waals surface area contributed by atoms with Gasteiger partial charge in [0.15, 0.2) is 0 Å². The van der Waals surface area contributed by atoms with Gasteiger partial charge in [0.25, 0.3) is 0 Å². The van der Waals surface area contributed by atoms with Gasteiger partial charge < -0.3 is 19.3 Å². The number of amides is 1. The highest BCUT2D eigenvalue weighted by Crippen LogP contribution is 2.30. The molecule has 3 rings (SSSR count). The zero-order chi connectivity index (χ0) is 17.8. The van der Waals surface area contributed by atoms with Crippen LogP contribution in [0, 0.1) is 11.3 Å². The van der Waals surface area contributed by atoms with Crippen molar-refractivity contribution in [1.82, 2.24) is 14.5 Å². The maximum Gasteiger partial charge on any atom is 0.407 e. The van der Waals surface area contributed by atoms with Gasteiger partial charge in [-0.15, -0.1) is 0 Å². The lowest BCUT2D eigenvalue weighted by Crippen LogP contribution is -2.38. The molecule has 1 saturated heterocycles. The first-order chi connectivity index (χ1) is 12.1. The first kappa shape index (κ1) is 17.2. The summed E-state index contributed by atoms with van der Waals surface area (Å²) in [5.41, 5.74) is 2.37. The molecule has 1 aromatic carbocycles. The predicted molar refractivity (Wildman–Crippen MR) is 92.5 cm³/mol. The van der Waals surface area contributed by atoms with Crippen molar-refractivity contribution in [3.05, 3.63) is 29.6 Å². The molecule has 132 valence electrons. The van der Waals surface area contributed by atoms with E-state index in [1.807, 2.05) is 12.1 Å². The topological polar surface area (TPSA) is 91.4 Å². The molecule has 2 heterocycles. The van der Waals surface area contributed by atoms with E-state index in [0.717, 1.165) is 42.7 Å². The third-order valence-electron chi connectivity index (χ3n) is 4.69. The first-order valence-corrected chi connectivity index (χ1v) is 8.51. The summed E-state index contributed by atoms with van der Waals surface area (Å²) in [6, 6.07) is 7.66. The van der Waals surface area contributed by atoms with Gasteiger partial charge in [-0.2, -0.15) is 5.26 Å². The van der Waals surface area contributed by atoms with Crippen molar-refractivity contribution in [2.75, 3.05) is 26.8 Å². The van der Waals surface area contributed by atoms with E-state index in [0.29, 0.717) is 25.3 Å². The first-order valence-electron chi connectivity index (χ1n) is 8.51. The number of benzene rings is 1. The fourth-order valence-corrected chi connectivity index (χ4v) is 3.49. The number of fused-ring (bicyclic) bond motifs is 1. The average Bonchev–Trinajstić information content (AvgIpc) is 3.00. The van der Waals surface area contributed by atoms with Gasteiger partial charge in [-0.25, -0.2) is 9.78 Å². The van der Waals surface area contributed by atoms with Gasteiger partial charge in [-0.05, 0) is 37.5 Å². The molecule has 1 amide bonds. The minimum atomic E-state index is -0.876. The number of aromatic nitrogens is 2. The van der Waals surface area contributed by atoms with Crippen LogP contribution in [0.1, 0.15) is 36.6 Å². The van der Waals surface area contributed by atoms with E-state index in [4.69, 9.17) is 9.72 Å². The van der Waals surface area contributed by atoms with E-state index in [2.05, 4.69) is 10.6 Å². The van der Waals surface area contributed by atoms with Crippen LogP contribution in [0.4, 0.5) is 4.79 Å². The number of likely N-dealkylation sites (tertiary alicyclic amines) is 1. The average molecular weight is 342 g/mol. The van der Waals surface area contributed by atoms with Gasteiger partial charge >= 0.3 is 6.09 Å². The molecule has 7 heteroatoms. The number of imidazole rings is 1. The van der Waals surface area contributed by atoms with E-state index in [1.54, 1.807) is 13.2 Å². The number of piperidine rings is 1. The molecule has 0 spiro atoms. The third-order valence-corrected chi connectivity index (χ3v) is 4.69. The van der Waals surface area contributed by atoms with Gasteiger partial charge in [0, 0.05) is 39.3 Å². The molecule has 0 radical (unpaired) electrons. The van der Waals surface area contributed by atoms with E-state index in [9.17, 15) is 15.2 Å². The van der Waals surface area contributed by atoms with Crippen molar-refractivity contribution in [2.24, 2.45) is 0 Å². The molecular formula is C18H22N4O3. The molecule has 2 aromatic rings. The van der Waals surface area contributed by atoms with Crippen LogP contribution >= 0.6 is 0 Å². The van der Waals surface area contributed by atoms with Crippen molar-refractivity contribution in [2.45, 2.75) is 31.7 Å². The van der Waals surface area contributed by atoms with E-state index in [1.165, 1.54) is 4.90 Å². The number of aryl methyl sites for hydroxylation is 1. The summed E-state index contributed by atoms with van der Waals surface area (Å²) >= 11 is 0. The number of ether oxygens (including phenoxy) is 1. The summed E-state index contributed by atoms with van der Waals surface area (Å²) in [7, 11) is 1.67. The lowest BCUT2D eigenvalue weighted by Gasteiger charge is -2.30. The molecule has 1 atom stereocenters. The molecule has 25 heavy (non-hydrogen) atoms. The second kappa shape index (κ2) is 7.53. The lowest BCUT2D eigenvalue weighted by molar-refractivity contribution is 0.129. The number of nitrogens with zero attached hydrogens (tertiary/aromatic N) is 4. The Morgan fingerprint density at radius 1 is 1.52 bits per heavy atom. The van der Waals surface area contributed by atoms with Crippen molar-refractivity contribution < 1.29 is 14.6 Å². The standard InChI is InChI=1S/C18H22N4O3/c1-25-9-3-8-22-16-10-13(11-19)5-6-15(16)20-17(22)14-4-2-7-21(12-14)18(23)24/h5-6,10,14H,2-4,7-9,12H2,1H3,(H,23,24). The number of hydrogen-bond donors (Lipinski definition) is 1. The summed E-state index contributed by atoms with van der Waals surface area (Å²) in [6.07, 6.45) is 1.71. The lowest BCUT2D eigenvalue weighted by atomic mass is 9.97. The van der Waals surface area contributed by atoms with Crippen LogP contribution < -0.4 is 0 Å². The second-order valence-electron chi connectivity index (χ2n) is 6.35. The van der Waals surface area contributed by atoms with Crippen LogP contribution in [-0.4, -0.2) is 52.5 Å². The molecule has 1 aromatic heterocycles. The highest BCUT2D eigenvalue weighted by Gasteiger charge is 2.28. The number of rotatable bonds is 5. The number of nitriles is 1. The maximum atomic E-state index is 11.3. The van der Waals surface area contributed by atoms with Crippen LogP contribution in [0.15, 0.2) is 18.2 Å². The fourth-order valence-electron chi connectivity index (χ4n) is 3.49. The molecule has 7 nitrogen and oxygen atoms in total. The van der Waals surface area contributed by atoms with Gasteiger partial charge in [0.05, 0.1) is 22.7 Å². The molecule has 1 aliphatic rings. The van der Waals surface area contributed by atoms with Crippen LogP contribution in [0.5, 0.6) is 0 Å².